The maximum Gasteiger partial charge on any atom is 0.414 e. The summed E-state index contributed by atoms with van der Waals surface area (Å²) in [5.74, 6) is -2.15. The number of aliphatic carboxylic acids is 2. The molecule has 0 rings (SSSR count). The first kappa shape index (κ1) is 15.2. The molecular weight excluding hydrogens is 214 g/mol. The molecule has 0 atom stereocenters. The lowest BCUT2D eigenvalue weighted by Gasteiger charge is -1.85. The van der Waals surface area contributed by atoms with E-state index in [0.717, 1.165) is 5.32 Å². The molecule has 15 heavy (non-hydrogen) atoms. The zero-order valence-corrected chi connectivity index (χ0v) is 7.34. The second-order valence-electron chi connectivity index (χ2n) is 2.02. The molecule has 86 valence electrons. The van der Waals surface area contributed by atoms with Crippen molar-refractivity contribution < 1.29 is 39.6 Å². The minimum atomic E-state index is -1.56. The summed E-state index contributed by atoms with van der Waals surface area (Å²) in [7, 11) is 0. The van der Waals surface area contributed by atoms with Gasteiger partial charge in [0.15, 0.2) is 0 Å². The van der Waals surface area contributed by atoms with E-state index in [9.17, 15) is 19.2 Å². The molecule has 0 heterocycles. The first-order valence-electron chi connectivity index (χ1n) is 3.42. The van der Waals surface area contributed by atoms with Crippen molar-refractivity contribution in [3.8, 4) is 0 Å². The van der Waals surface area contributed by atoms with Gasteiger partial charge in [-0.05, 0) is 0 Å². The molecule has 0 aliphatic carbocycles. The lowest BCUT2D eigenvalue weighted by Crippen LogP contribution is -2.26. The van der Waals surface area contributed by atoms with Crippen molar-refractivity contribution in [1.29, 1.82) is 0 Å². The van der Waals surface area contributed by atoms with Crippen LogP contribution in [0, 0.1) is 0 Å². The maximum absolute atomic E-state index is 9.64. The number of carbonyl (C=O) groups is 4. The van der Waals surface area contributed by atoms with Crippen LogP contribution in [0.3, 0.4) is 0 Å². The summed E-state index contributed by atoms with van der Waals surface area (Å²) >= 11 is 0. The molecule has 0 fully saturated rings. The lowest BCUT2D eigenvalue weighted by molar-refractivity contribution is -0.143. The summed E-state index contributed by atoms with van der Waals surface area (Å²) in [6, 6.07) is 0. The summed E-state index contributed by atoms with van der Waals surface area (Å²) < 4.78 is 0. The summed E-state index contributed by atoms with van der Waals surface area (Å²) in [5, 5.41) is 32.1. The van der Waals surface area contributed by atoms with E-state index in [1.807, 2.05) is 0 Å². The van der Waals surface area contributed by atoms with Crippen molar-refractivity contribution in [2.75, 3.05) is 0 Å². The highest BCUT2D eigenvalue weighted by Gasteiger charge is 2.00. The Hall–Kier alpha value is -2.32. The van der Waals surface area contributed by atoms with Crippen LogP contribution in [0.25, 0.3) is 0 Å². The van der Waals surface area contributed by atoms with E-state index in [1.54, 1.807) is 0 Å². The molecule has 2 amide bonds. The Morgan fingerprint density at radius 2 is 1.00 bits per heavy atom. The molecule has 0 aromatic carbocycles. The first-order chi connectivity index (χ1) is 6.75. The fourth-order valence-corrected chi connectivity index (χ4v) is 0.305. The van der Waals surface area contributed by atoms with Gasteiger partial charge < -0.3 is 20.4 Å². The zero-order chi connectivity index (χ0) is 12.4. The van der Waals surface area contributed by atoms with Crippen molar-refractivity contribution in [3.05, 3.63) is 0 Å². The van der Waals surface area contributed by atoms with E-state index in [2.05, 4.69) is 0 Å². The van der Waals surface area contributed by atoms with Gasteiger partial charge in [0.1, 0.15) is 0 Å². The highest BCUT2D eigenvalue weighted by Crippen LogP contribution is 1.86. The molecule has 0 unspecified atom stereocenters. The predicted molar refractivity (Wildman–Crippen MR) is 43.7 cm³/mol. The molecule has 9 heteroatoms. The van der Waals surface area contributed by atoms with Crippen LogP contribution in [0.5, 0.6) is 0 Å². The van der Waals surface area contributed by atoms with Gasteiger partial charge in [-0.15, -0.1) is 0 Å². The van der Waals surface area contributed by atoms with Crippen LogP contribution in [0.2, 0.25) is 0 Å². The monoisotopic (exact) mass is 223 g/mol. The molecule has 0 aliphatic rings. The number of hydrogen-bond donors (Lipinski definition) is 5. The maximum atomic E-state index is 9.64. The van der Waals surface area contributed by atoms with Crippen molar-refractivity contribution in [2.45, 2.75) is 12.8 Å². The average molecular weight is 223 g/mol. The lowest BCUT2D eigenvalue weighted by atomic mass is 10.3. The largest absolute Gasteiger partial charge is 0.481 e. The number of amides is 2. The molecule has 9 nitrogen and oxygen atoms in total. The Labute approximate surface area is 82.9 Å². The van der Waals surface area contributed by atoms with Crippen LogP contribution >= 0.6 is 0 Å². The van der Waals surface area contributed by atoms with Crippen molar-refractivity contribution in [1.82, 2.24) is 5.32 Å². The molecule has 0 spiro atoms. The van der Waals surface area contributed by atoms with Crippen LogP contribution < -0.4 is 5.32 Å². The van der Waals surface area contributed by atoms with E-state index >= 15 is 0 Å². The smallest absolute Gasteiger partial charge is 0.414 e. The van der Waals surface area contributed by atoms with E-state index in [1.165, 1.54) is 0 Å². The van der Waals surface area contributed by atoms with Gasteiger partial charge in [-0.25, -0.2) is 14.9 Å². The second-order valence-corrected chi connectivity index (χ2v) is 2.02. The molecular formula is C6H9NO8. The zero-order valence-electron chi connectivity index (χ0n) is 7.34. The third kappa shape index (κ3) is 24.5. The molecule has 0 aromatic heterocycles. The summed E-state index contributed by atoms with van der Waals surface area (Å²) in [4.78, 5) is 37.9. The molecule has 0 aliphatic heterocycles. The van der Waals surface area contributed by atoms with Crippen molar-refractivity contribution >= 4 is 24.1 Å². The van der Waals surface area contributed by atoms with Gasteiger partial charge >= 0.3 is 24.1 Å². The fourth-order valence-electron chi connectivity index (χ4n) is 0.305. The molecule has 0 aromatic rings. The minimum Gasteiger partial charge on any atom is -0.481 e. The van der Waals surface area contributed by atoms with Gasteiger partial charge in [-0.1, -0.05) is 0 Å². The van der Waals surface area contributed by atoms with Crippen molar-refractivity contribution in [3.63, 3.8) is 0 Å². The Morgan fingerprint density at radius 3 is 1.07 bits per heavy atom. The van der Waals surface area contributed by atoms with Crippen LogP contribution in [0.1, 0.15) is 12.8 Å². The summed E-state index contributed by atoms with van der Waals surface area (Å²) in [6.45, 7) is 0. The normalized spacial score (nSPS) is 8.00. The highest BCUT2D eigenvalue weighted by molar-refractivity contribution is 5.84. The van der Waals surface area contributed by atoms with Crippen LogP contribution in [-0.4, -0.2) is 44.6 Å². The molecule has 5 N–H and O–H groups in total. The summed E-state index contributed by atoms with van der Waals surface area (Å²) in [6.07, 6.45) is -3.72. The number of nitrogens with one attached hydrogen (secondary N) is 1. The molecule has 0 radical (unpaired) electrons. The number of hydrogen-bond acceptors (Lipinski definition) is 4. The van der Waals surface area contributed by atoms with Crippen LogP contribution in [0.15, 0.2) is 0 Å². The number of rotatable bonds is 3. The Kier molecular flexibility index (Phi) is 8.38. The Bertz CT molecular complexity index is 234. The van der Waals surface area contributed by atoms with E-state index in [4.69, 9.17) is 20.4 Å². The van der Waals surface area contributed by atoms with E-state index in [0.29, 0.717) is 0 Å². The third-order valence-electron chi connectivity index (χ3n) is 0.767. The quantitative estimate of drug-likeness (QED) is 0.441. The van der Waals surface area contributed by atoms with Crippen LogP contribution in [0.4, 0.5) is 9.59 Å². The van der Waals surface area contributed by atoms with Gasteiger partial charge in [0.25, 0.3) is 0 Å². The van der Waals surface area contributed by atoms with Gasteiger partial charge in [-0.2, -0.15) is 0 Å². The second kappa shape index (κ2) is 8.29. The number of imide groups is 1. The number of carboxylic acids is 2. The molecule has 0 saturated carbocycles. The molecule has 0 bridgehead atoms. The van der Waals surface area contributed by atoms with Gasteiger partial charge in [0.05, 0.1) is 12.8 Å². The van der Waals surface area contributed by atoms with Gasteiger partial charge in [0, 0.05) is 0 Å². The van der Waals surface area contributed by atoms with Gasteiger partial charge in [-0.3, -0.25) is 9.59 Å². The standard InChI is InChI=1S/C4H6O4.C2H3NO4/c5-3(6)1-2-4(7)8;4-1(5)3-2(6)7/h1-2H2,(H,5,6)(H,7,8);3H,(H,4,5)(H,6,7). The van der Waals surface area contributed by atoms with Crippen LogP contribution in [-0.2, 0) is 9.59 Å². The third-order valence-corrected chi connectivity index (χ3v) is 0.767. The van der Waals surface area contributed by atoms with E-state index < -0.39 is 24.1 Å². The van der Waals surface area contributed by atoms with E-state index in [-0.39, 0.29) is 12.8 Å². The Balaban J connectivity index is 0. The average Bonchev–Trinajstić information content (AvgIpc) is 1.99. The van der Waals surface area contributed by atoms with Gasteiger partial charge in [0.2, 0.25) is 0 Å². The molecule has 0 saturated heterocycles. The highest BCUT2D eigenvalue weighted by atomic mass is 16.4. The fraction of sp³-hybridized carbons (Fsp3) is 0.333. The van der Waals surface area contributed by atoms with Crippen molar-refractivity contribution in [2.24, 2.45) is 0 Å². The summed E-state index contributed by atoms with van der Waals surface area (Å²) in [5.41, 5.74) is 0. The first-order valence-corrected chi connectivity index (χ1v) is 3.42. The topological polar surface area (TPSA) is 161 Å². The SMILES string of the molecule is O=C(O)CCC(=O)O.O=C(O)NC(=O)O. The number of carboxylic acid groups (broad SMARTS) is 4. The predicted octanol–water partition coefficient (Wildman–Crippen LogP) is -0.132. The Morgan fingerprint density at radius 1 is 0.733 bits per heavy atom. The minimum absolute atomic E-state index is 0.296.